The van der Waals surface area contributed by atoms with E-state index in [1.165, 1.54) is 25.7 Å². The first kappa shape index (κ1) is 14.6. The van der Waals surface area contributed by atoms with Crippen LogP contribution in [-0.4, -0.2) is 11.1 Å². The smallest absolute Gasteiger partial charge is 0.303 e. The van der Waals surface area contributed by atoms with Crippen LogP contribution in [-0.2, 0) is 24.3 Å². The molecule has 0 rings (SSSR count). The van der Waals surface area contributed by atoms with Crippen molar-refractivity contribution in [3.63, 3.8) is 0 Å². The normalized spacial score (nSPS) is 9.08. The summed E-state index contributed by atoms with van der Waals surface area (Å²) in [4.78, 5) is 10.1. The van der Waals surface area contributed by atoms with Crippen molar-refractivity contribution in [3.8, 4) is 0 Å². The Labute approximate surface area is 87.5 Å². The van der Waals surface area contributed by atoms with Gasteiger partial charge in [0.25, 0.3) is 0 Å². The molecule has 0 aliphatic carbocycles. The number of rotatable bonds is 7. The molecule has 1 radical (unpaired) electrons. The van der Waals surface area contributed by atoms with Gasteiger partial charge in [0, 0.05) is 25.9 Å². The SMILES string of the molecule is CCCCCCCCC(=O)O.[Rh]. The van der Waals surface area contributed by atoms with Gasteiger partial charge in [-0.1, -0.05) is 39.0 Å². The van der Waals surface area contributed by atoms with Crippen LogP contribution in [0, 0.1) is 0 Å². The van der Waals surface area contributed by atoms with Crippen LogP contribution in [0.25, 0.3) is 0 Å². The Kier molecular flexibility index (Phi) is 13.5. The molecule has 3 heteroatoms. The second-order valence-electron chi connectivity index (χ2n) is 2.91. The van der Waals surface area contributed by atoms with Crippen LogP contribution in [0.15, 0.2) is 0 Å². The first-order valence-corrected chi connectivity index (χ1v) is 4.49. The molecule has 0 atom stereocenters. The van der Waals surface area contributed by atoms with E-state index in [-0.39, 0.29) is 19.5 Å². The van der Waals surface area contributed by atoms with Crippen LogP contribution in [0.2, 0.25) is 0 Å². The van der Waals surface area contributed by atoms with Gasteiger partial charge in [-0.25, -0.2) is 0 Å². The Hall–Kier alpha value is 0.0934. The number of aliphatic carboxylic acids is 1. The predicted octanol–water partition coefficient (Wildman–Crippen LogP) is 2.82. The third-order valence-corrected chi connectivity index (χ3v) is 1.74. The summed E-state index contributed by atoms with van der Waals surface area (Å²) < 4.78 is 0. The fraction of sp³-hybridized carbons (Fsp3) is 0.889. The summed E-state index contributed by atoms with van der Waals surface area (Å²) in [6, 6.07) is 0. The molecule has 2 nitrogen and oxygen atoms in total. The van der Waals surface area contributed by atoms with Gasteiger partial charge in [-0.3, -0.25) is 4.79 Å². The first-order chi connectivity index (χ1) is 5.27. The van der Waals surface area contributed by atoms with E-state index >= 15 is 0 Å². The van der Waals surface area contributed by atoms with E-state index in [4.69, 9.17) is 5.11 Å². The zero-order valence-corrected chi connectivity index (χ0v) is 9.28. The van der Waals surface area contributed by atoms with Crippen molar-refractivity contribution in [1.82, 2.24) is 0 Å². The van der Waals surface area contributed by atoms with Gasteiger partial charge in [0.2, 0.25) is 0 Å². The third-order valence-electron chi connectivity index (χ3n) is 1.74. The van der Waals surface area contributed by atoms with Gasteiger partial charge in [0.15, 0.2) is 0 Å². The minimum atomic E-state index is -0.666. The number of hydrogen-bond acceptors (Lipinski definition) is 1. The zero-order valence-electron chi connectivity index (χ0n) is 7.64. The molecular formula is C9H18O2Rh. The molecule has 0 bridgehead atoms. The maximum absolute atomic E-state index is 10.1. The monoisotopic (exact) mass is 261 g/mol. The molecule has 0 aliphatic heterocycles. The van der Waals surface area contributed by atoms with Crippen molar-refractivity contribution >= 4 is 5.97 Å². The Morgan fingerprint density at radius 1 is 1.08 bits per heavy atom. The van der Waals surface area contributed by atoms with E-state index in [2.05, 4.69) is 6.92 Å². The van der Waals surface area contributed by atoms with E-state index in [1.807, 2.05) is 0 Å². The molecule has 0 aromatic carbocycles. The van der Waals surface area contributed by atoms with Gasteiger partial charge in [0.1, 0.15) is 0 Å². The largest absolute Gasteiger partial charge is 0.481 e. The van der Waals surface area contributed by atoms with Crippen LogP contribution in [0.1, 0.15) is 51.9 Å². The van der Waals surface area contributed by atoms with Crippen molar-refractivity contribution in [2.45, 2.75) is 51.9 Å². The van der Waals surface area contributed by atoms with Crippen LogP contribution < -0.4 is 0 Å². The molecule has 0 aliphatic rings. The molecular weight excluding hydrogens is 243 g/mol. The van der Waals surface area contributed by atoms with Crippen LogP contribution >= 0.6 is 0 Å². The maximum atomic E-state index is 10.1. The Morgan fingerprint density at radius 2 is 1.58 bits per heavy atom. The van der Waals surface area contributed by atoms with Crippen molar-refractivity contribution in [2.24, 2.45) is 0 Å². The molecule has 0 unspecified atom stereocenters. The molecule has 0 fully saturated rings. The van der Waals surface area contributed by atoms with Gasteiger partial charge in [-0.2, -0.15) is 0 Å². The summed E-state index contributed by atoms with van der Waals surface area (Å²) in [5.41, 5.74) is 0. The number of unbranched alkanes of at least 4 members (excludes halogenated alkanes) is 5. The summed E-state index contributed by atoms with van der Waals surface area (Å²) in [5, 5.41) is 8.32. The summed E-state index contributed by atoms with van der Waals surface area (Å²) in [6.07, 6.45) is 7.25. The molecule has 1 N–H and O–H groups in total. The molecule has 0 spiro atoms. The minimum Gasteiger partial charge on any atom is -0.481 e. The predicted molar refractivity (Wildman–Crippen MR) is 45.6 cm³/mol. The summed E-state index contributed by atoms with van der Waals surface area (Å²) >= 11 is 0. The Morgan fingerprint density at radius 3 is 2.08 bits per heavy atom. The van der Waals surface area contributed by atoms with E-state index in [0.717, 1.165) is 12.8 Å². The van der Waals surface area contributed by atoms with Gasteiger partial charge in [0.05, 0.1) is 0 Å². The van der Waals surface area contributed by atoms with E-state index in [1.54, 1.807) is 0 Å². The standard InChI is InChI=1S/C9H18O2.Rh/c1-2-3-4-5-6-7-8-9(10)11;/h2-8H2,1H3,(H,10,11);. The average molecular weight is 261 g/mol. The van der Waals surface area contributed by atoms with Crippen LogP contribution in [0.5, 0.6) is 0 Å². The minimum absolute atomic E-state index is 0. The van der Waals surface area contributed by atoms with Crippen molar-refractivity contribution in [2.75, 3.05) is 0 Å². The summed E-state index contributed by atoms with van der Waals surface area (Å²) in [6.45, 7) is 2.18. The zero-order chi connectivity index (χ0) is 8.53. The van der Waals surface area contributed by atoms with Crippen molar-refractivity contribution < 1.29 is 29.4 Å². The van der Waals surface area contributed by atoms with Gasteiger partial charge >= 0.3 is 5.97 Å². The Balaban J connectivity index is 0. The maximum Gasteiger partial charge on any atom is 0.303 e. The van der Waals surface area contributed by atoms with Crippen molar-refractivity contribution in [1.29, 1.82) is 0 Å². The third kappa shape index (κ3) is 12.7. The van der Waals surface area contributed by atoms with Gasteiger partial charge in [-0.15, -0.1) is 0 Å². The number of hydrogen-bond donors (Lipinski definition) is 1. The van der Waals surface area contributed by atoms with E-state index in [0.29, 0.717) is 6.42 Å². The molecule has 0 saturated carbocycles. The molecule has 75 valence electrons. The summed E-state index contributed by atoms with van der Waals surface area (Å²) in [7, 11) is 0. The van der Waals surface area contributed by atoms with Crippen LogP contribution in [0.3, 0.4) is 0 Å². The second-order valence-corrected chi connectivity index (χ2v) is 2.91. The van der Waals surface area contributed by atoms with Crippen molar-refractivity contribution in [3.05, 3.63) is 0 Å². The fourth-order valence-corrected chi connectivity index (χ4v) is 1.06. The topological polar surface area (TPSA) is 37.3 Å². The second kappa shape index (κ2) is 11.1. The van der Waals surface area contributed by atoms with Crippen LogP contribution in [0.4, 0.5) is 0 Å². The van der Waals surface area contributed by atoms with E-state index in [9.17, 15) is 4.79 Å². The van der Waals surface area contributed by atoms with E-state index < -0.39 is 5.97 Å². The molecule has 0 saturated heterocycles. The number of carbonyl (C=O) groups is 1. The quantitative estimate of drug-likeness (QED) is 0.565. The van der Waals surface area contributed by atoms with Gasteiger partial charge < -0.3 is 5.11 Å². The fourth-order valence-electron chi connectivity index (χ4n) is 1.06. The Bertz CT molecular complexity index is 105. The first-order valence-electron chi connectivity index (χ1n) is 4.49. The molecule has 0 heterocycles. The average Bonchev–Trinajstić information content (AvgIpc) is 1.96. The molecule has 0 amide bonds. The molecule has 0 aromatic rings. The number of carboxylic acid groups (broad SMARTS) is 1. The summed E-state index contributed by atoms with van der Waals surface area (Å²) in [5.74, 6) is -0.666. The molecule has 12 heavy (non-hydrogen) atoms. The number of carboxylic acids is 1. The van der Waals surface area contributed by atoms with Gasteiger partial charge in [-0.05, 0) is 6.42 Å². The molecule has 0 aromatic heterocycles.